The molecule has 0 aliphatic rings. The van der Waals surface area contributed by atoms with Crippen LogP contribution in [0.3, 0.4) is 0 Å². The first-order valence-corrected chi connectivity index (χ1v) is 4.77. The highest BCUT2D eigenvalue weighted by molar-refractivity contribution is 5.93. The van der Waals surface area contributed by atoms with Crippen LogP contribution in [0.2, 0.25) is 0 Å². The molecule has 82 valence electrons. The van der Waals surface area contributed by atoms with E-state index in [1.807, 2.05) is 6.92 Å². The molecule has 0 spiro atoms. The Balaban J connectivity index is 2.64. The van der Waals surface area contributed by atoms with E-state index < -0.39 is 0 Å². The first-order chi connectivity index (χ1) is 7.21. The first kappa shape index (κ1) is 11.5. The van der Waals surface area contributed by atoms with Gasteiger partial charge < -0.3 is 15.4 Å². The predicted molar refractivity (Wildman–Crippen MR) is 54.8 cm³/mol. The van der Waals surface area contributed by atoms with Crippen molar-refractivity contribution < 1.29 is 14.7 Å². The zero-order valence-electron chi connectivity index (χ0n) is 8.49. The minimum absolute atomic E-state index is 0.0938. The Hall–Kier alpha value is -1.62. The first-order valence-electron chi connectivity index (χ1n) is 4.77. The van der Waals surface area contributed by atoms with Gasteiger partial charge in [0.2, 0.25) is 0 Å². The average Bonchev–Trinajstić information content (AvgIpc) is 2.74. The monoisotopic (exact) mass is 210 g/mol. The number of aliphatic hydroxyl groups is 1. The molecule has 0 aliphatic heterocycles. The lowest BCUT2D eigenvalue weighted by atomic mass is 10.2. The molecule has 0 aliphatic carbocycles. The molecule has 15 heavy (non-hydrogen) atoms. The van der Waals surface area contributed by atoms with Gasteiger partial charge in [0.15, 0.2) is 6.29 Å². The standard InChI is InChI=1S/C10H14N2O3/c1-2-7(5-13)12-10(15)9-4-3-8(6-14)11-9/h3-4,6-7,11,13H,2,5H2,1H3,(H,12,15). The Morgan fingerprint density at radius 2 is 2.40 bits per heavy atom. The van der Waals surface area contributed by atoms with Gasteiger partial charge in [0, 0.05) is 0 Å². The summed E-state index contributed by atoms with van der Waals surface area (Å²) in [5, 5.41) is 11.5. The third kappa shape index (κ3) is 2.92. The van der Waals surface area contributed by atoms with Gasteiger partial charge in [-0.05, 0) is 18.6 Å². The Morgan fingerprint density at radius 1 is 1.67 bits per heavy atom. The molecular weight excluding hydrogens is 196 g/mol. The topological polar surface area (TPSA) is 82.2 Å². The van der Waals surface area contributed by atoms with Crippen molar-refractivity contribution in [2.45, 2.75) is 19.4 Å². The van der Waals surface area contributed by atoms with Crippen LogP contribution in [0.1, 0.15) is 34.3 Å². The van der Waals surface area contributed by atoms with Crippen LogP contribution in [0.25, 0.3) is 0 Å². The summed E-state index contributed by atoms with van der Waals surface area (Å²) in [4.78, 5) is 24.6. The van der Waals surface area contributed by atoms with Gasteiger partial charge in [-0.3, -0.25) is 9.59 Å². The maximum Gasteiger partial charge on any atom is 0.268 e. The van der Waals surface area contributed by atoms with Gasteiger partial charge in [0.25, 0.3) is 5.91 Å². The molecule has 0 radical (unpaired) electrons. The third-order valence-corrected chi connectivity index (χ3v) is 2.13. The summed E-state index contributed by atoms with van der Waals surface area (Å²) in [6, 6.07) is 2.81. The third-order valence-electron chi connectivity index (χ3n) is 2.13. The van der Waals surface area contributed by atoms with Gasteiger partial charge in [-0.15, -0.1) is 0 Å². The van der Waals surface area contributed by atoms with Crippen molar-refractivity contribution in [2.24, 2.45) is 0 Å². The minimum Gasteiger partial charge on any atom is -0.394 e. The van der Waals surface area contributed by atoms with E-state index in [0.717, 1.165) is 0 Å². The summed E-state index contributed by atoms with van der Waals surface area (Å²) >= 11 is 0. The molecule has 1 heterocycles. The smallest absolute Gasteiger partial charge is 0.268 e. The number of hydrogen-bond acceptors (Lipinski definition) is 3. The quantitative estimate of drug-likeness (QED) is 0.612. The highest BCUT2D eigenvalue weighted by Gasteiger charge is 2.12. The molecule has 1 amide bonds. The fourth-order valence-electron chi connectivity index (χ4n) is 1.15. The molecule has 1 atom stereocenters. The van der Waals surface area contributed by atoms with Gasteiger partial charge >= 0.3 is 0 Å². The van der Waals surface area contributed by atoms with E-state index in [4.69, 9.17) is 5.11 Å². The molecule has 1 aromatic heterocycles. The number of aromatic amines is 1. The molecule has 1 unspecified atom stereocenters. The Kier molecular flexibility index (Phi) is 4.05. The van der Waals surface area contributed by atoms with Crippen LogP contribution < -0.4 is 5.32 Å². The summed E-state index contributed by atoms with van der Waals surface area (Å²) in [6.07, 6.45) is 1.30. The van der Waals surface area contributed by atoms with Crippen LogP contribution in [0.5, 0.6) is 0 Å². The lowest BCUT2D eigenvalue weighted by Crippen LogP contribution is -2.37. The Bertz CT molecular complexity index is 342. The fraction of sp³-hybridized carbons (Fsp3) is 0.400. The molecule has 0 saturated carbocycles. The summed E-state index contributed by atoms with van der Waals surface area (Å²) < 4.78 is 0. The molecule has 0 fully saturated rings. The SMILES string of the molecule is CCC(CO)NC(=O)c1ccc(C=O)[nH]1. The predicted octanol–water partition coefficient (Wildman–Crippen LogP) is 0.328. The zero-order chi connectivity index (χ0) is 11.3. The molecular formula is C10H14N2O3. The number of rotatable bonds is 5. The minimum atomic E-state index is -0.316. The van der Waals surface area contributed by atoms with E-state index in [1.165, 1.54) is 12.1 Å². The van der Waals surface area contributed by atoms with Gasteiger partial charge in [-0.2, -0.15) is 0 Å². The van der Waals surface area contributed by atoms with Crippen LogP contribution in [-0.2, 0) is 0 Å². The summed E-state index contributed by atoms with van der Waals surface area (Å²) in [5.41, 5.74) is 0.682. The molecule has 5 nitrogen and oxygen atoms in total. The Labute approximate surface area is 87.5 Å². The summed E-state index contributed by atoms with van der Waals surface area (Å²) in [5.74, 6) is -0.316. The van der Waals surface area contributed by atoms with E-state index >= 15 is 0 Å². The molecule has 0 aromatic carbocycles. The van der Waals surface area contributed by atoms with Crippen molar-refractivity contribution in [3.8, 4) is 0 Å². The number of H-pyrrole nitrogens is 1. The number of hydrogen-bond donors (Lipinski definition) is 3. The average molecular weight is 210 g/mol. The van der Waals surface area contributed by atoms with Gasteiger partial charge in [0.1, 0.15) is 5.69 Å². The molecule has 0 bridgehead atoms. The second-order valence-electron chi connectivity index (χ2n) is 3.21. The second-order valence-corrected chi connectivity index (χ2v) is 3.21. The fourth-order valence-corrected chi connectivity index (χ4v) is 1.15. The van der Waals surface area contributed by atoms with Gasteiger partial charge in [-0.25, -0.2) is 0 Å². The number of amides is 1. The largest absolute Gasteiger partial charge is 0.394 e. The number of carbonyl (C=O) groups is 2. The highest BCUT2D eigenvalue weighted by atomic mass is 16.3. The molecule has 1 aromatic rings. The lowest BCUT2D eigenvalue weighted by molar-refractivity contribution is 0.0910. The maximum atomic E-state index is 11.5. The van der Waals surface area contributed by atoms with Crippen LogP contribution >= 0.6 is 0 Å². The van der Waals surface area contributed by atoms with Crippen molar-refractivity contribution in [1.29, 1.82) is 0 Å². The second kappa shape index (κ2) is 5.31. The molecule has 3 N–H and O–H groups in total. The van der Waals surface area contributed by atoms with Crippen molar-refractivity contribution in [3.05, 3.63) is 23.5 Å². The highest BCUT2D eigenvalue weighted by Crippen LogP contribution is 2.00. The number of nitrogens with one attached hydrogen (secondary N) is 2. The zero-order valence-corrected chi connectivity index (χ0v) is 8.49. The number of aromatic nitrogens is 1. The van der Waals surface area contributed by atoms with Crippen molar-refractivity contribution >= 4 is 12.2 Å². The molecule has 5 heteroatoms. The van der Waals surface area contributed by atoms with Gasteiger partial charge in [0.05, 0.1) is 18.3 Å². The van der Waals surface area contributed by atoms with Crippen molar-refractivity contribution in [2.75, 3.05) is 6.61 Å². The van der Waals surface area contributed by atoms with Crippen LogP contribution in [-0.4, -0.2) is 34.9 Å². The summed E-state index contributed by atoms with van der Waals surface area (Å²) in [7, 11) is 0. The lowest BCUT2D eigenvalue weighted by Gasteiger charge is -2.12. The van der Waals surface area contributed by atoms with E-state index in [0.29, 0.717) is 24.1 Å². The van der Waals surface area contributed by atoms with Crippen LogP contribution in [0.4, 0.5) is 0 Å². The van der Waals surface area contributed by atoms with E-state index in [1.54, 1.807) is 0 Å². The van der Waals surface area contributed by atoms with Crippen molar-refractivity contribution in [3.63, 3.8) is 0 Å². The van der Waals surface area contributed by atoms with E-state index in [2.05, 4.69) is 10.3 Å². The maximum absolute atomic E-state index is 11.5. The summed E-state index contributed by atoms with van der Waals surface area (Å²) in [6.45, 7) is 1.77. The van der Waals surface area contributed by atoms with Gasteiger partial charge in [-0.1, -0.05) is 6.92 Å². The molecule has 1 rings (SSSR count). The molecule has 0 saturated heterocycles. The van der Waals surface area contributed by atoms with E-state index in [-0.39, 0.29) is 18.6 Å². The Morgan fingerprint density at radius 3 is 2.87 bits per heavy atom. The van der Waals surface area contributed by atoms with Crippen LogP contribution in [0, 0.1) is 0 Å². The number of aliphatic hydroxyl groups excluding tert-OH is 1. The number of aldehydes is 1. The van der Waals surface area contributed by atoms with E-state index in [9.17, 15) is 9.59 Å². The van der Waals surface area contributed by atoms with Crippen LogP contribution in [0.15, 0.2) is 12.1 Å². The normalized spacial score (nSPS) is 12.1. The number of carbonyl (C=O) groups excluding carboxylic acids is 2. The van der Waals surface area contributed by atoms with Crippen molar-refractivity contribution in [1.82, 2.24) is 10.3 Å².